The Morgan fingerprint density at radius 1 is 1.42 bits per heavy atom. The first-order chi connectivity index (χ1) is 5.71. The van der Waals surface area contributed by atoms with Gasteiger partial charge in [-0.2, -0.15) is 0 Å². The minimum atomic E-state index is 0.0118. The van der Waals surface area contributed by atoms with Crippen LogP contribution in [0.15, 0.2) is 24.3 Å². The van der Waals surface area contributed by atoms with Crippen molar-refractivity contribution in [3.05, 3.63) is 34.9 Å². The lowest BCUT2D eigenvalue weighted by Crippen LogP contribution is -2.40. The third-order valence-corrected chi connectivity index (χ3v) is 3.15. The molecular formula is C9H8BrClO. The van der Waals surface area contributed by atoms with Crippen LogP contribution in [-0.2, 0) is 9.06 Å². The summed E-state index contributed by atoms with van der Waals surface area (Å²) in [6, 6.07) is 7.86. The van der Waals surface area contributed by atoms with Gasteiger partial charge in [-0.15, -0.1) is 0 Å². The van der Waals surface area contributed by atoms with Crippen LogP contribution in [0.5, 0.6) is 0 Å². The molecule has 1 nitrogen and oxygen atoms in total. The lowest BCUT2D eigenvalue weighted by molar-refractivity contribution is -0.00697. The van der Waals surface area contributed by atoms with Gasteiger partial charge in [-0.05, 0) is 17.7 Å². The third kappa shape index (κ3) is 1.39. The summed E-state index contributed by atoms with van der Waals surface area (Å²) in [7, 11) is 0. The molecule has 64 valence electrons. The Bertz CT molecular complexity index is 296. The Balaban J connectivity index is 2.33. The quantitative estimate of drug-likeness (QED) is 0.693. The monoisotopic (exact) mass is 246 g/mol. The molecule has 0 aliphatic carbocycles. The summed E-state index contributed by atoms with van der Waals surface area (Å²) in [5.74, 6) is 0. The van der Waals surface area contributed by atoms with Crippen LogP contribution in [0.1, 0.15) is 5.56 Å². The summed E-state index contributed by atoms with van der Waals surface area (Å²) in [5, 5.41) is 0.776. The zero-order valence-corrected chi connectivity index (χ0v) is 8.73. The van der Waals surface area contributed by atoms with Crippen molar-refractivity contribution in [2.24, 2.45) is 0 Å². The molecular weight excluding hydrogens is 239 g/mol. The molecule has 12 heavy (non-hydrogen) atoms. The van der Waals surface area contributed by atoms with Crippen LogP contribution in [0.2, 0.25) is 5.02 Å². The zero-order valence-electron chi connectivity index (χ0n) is 6.39. The van der Waals surface area contributed by atoms with E-state index in [1.54, 1.807) is 0 Å². The maximum atomic E-state index is 5.87. The molecule has 1 fully saturated rings. The van der Waals surface area contributed by atoms with Crippen molar-refractivity contribution < 1.29 is 4.74 Å². The normalized spacial score (nSPS) is 20.2. The summed E-state index contributed by atoms with van der Waals surface area (Å²) >= 11 is 9.50. The van der Waals surface area contributed by atoms with Crippen LogP contribution >= 0.6 is 27.5 Å². The molecule has 0 atom stereocenters. The Labute approximate surface area is 84.8 Å². The van der Waals surface area contributed by atoms with Crippen molar-refractivity contribution in [3.8, 4) is 0 Å². The number of benzene rings is 1. The summed E-state index contributed by atoms with van der Waals surface area (Å²) in [6.45, 7) is 1.46. The summed E-state index contributed by atoms with van der Waals surface area (Å²) in [5.41, 5.74) is 1.20. The highest BCUT2D eigenvalue weighted by molar-refractivity contribution is 9.09. The molecule has 1 aliphatic heterocycles. The predicted octanol–water partition coefficient (Wildman–Crippen LogP) is 2.96. The number of ether oxygens (including phenoxy) is 1. The Morgan fingerprint density at radius 2 is 2.17 bits per heavy atom. The van der Waals surface area contributed by atoms with E-state index in [4.69, 9.17) is 16.3 Å². The first kappa shape index (κ1) is 8.54. The minimum absolute atomic E-state index is 0.0118. The molecule has 0 unspecified atom stereocenters. The molecule has 1 aromatic rings. The largest absolute Gasteiger partial charge is 0.378 e. The second-order valence-electron chi connectivity index (χ2n) is 2.97. The predicted molar refractivity (Wildman–Crippen MR) is 52.9 cm³/mol. The number of alkyl halides is 1. The van der Waals surface area contributed by atoms with Crippen LogP contribution in [0.25, 0.3) is 0 Å². The number of hydrogen-bond donors (Lipinski definition) is 0. The Morgan fingerprint density at radius 3 is 2.67 bits per heavy atom. The van der Waals surface area contributed by atoms with E-state index in [-0.39, 0.29) is 4.32 Å². The molecule has 1 aliphatic rings. The van der Waals surface area contributed by atoms with E-state index >= 15 is 0 Å². The van der Waals surface area contributed by atoms with Crippen LogP contribution < -0.4 is 0 Å². The fraction of sp³-hybridized carbons (Fsp3) is 0.333. The number of halogens is 2. The van der Waals surface area contributed by atoms with Gasteiger partial charge >= 0.3 is 0 Å². The molecule has 0 N–H and O–H groups in total. The first-order valence-electron chi connectivity index (χ1n) is 3.73. The van der Waals surface area contributed by atoms with E-state index in [9.17, 15) is 0 Å². The van der Waals surface area contributed by atoms with Gasteiger partial charge in [0.1, 0.15) is 0 Å². The van der Waals surface area contributed by atoms with Crippen molar-refractivity contribution >= 4 is 27.5 Å². The summed E-state index contributed by atoms with van der Waals surface area (Å²) in [6.07, 6.45) is 0. The lowest BCUT2D eigenvalue weighted by Gasteiger charge is -2.36. The van der Waals surface area contributed by atoms with E-state index < -0.39 is 0 Å². The SMILES string of the molecule is Clc1cccc(C2(Br)COC2)c1. The summed E-state index contributed by atoms with van der Waals surface area (Å²) in [4.78, 5) is 0. The third-order valence-electron chi connectivity index (χ3n) is 2.00. The average molecular weight is 248 g/mol. The number of rotatable bonds is 1. The molecule has 0 amide bonds. The van der Waals surface area contributed by atoms with Crippen LogP contribution in [0.3, 0.4) is 0 Å². The van der Waals surface area contributed by atoms with E-state index in [1.165, 1.54) is 5.56 Å². The number of hydrogen-bond acceptors (Lipinski definition) is 1. The van der Waals surface area contributed by atoms with Gasteiger partial charge in [0.25, 0.3) is 0 Å². The van der Waals surface area contributed by atoms with Crippen LogP contribution in [-0.4, -0.2) is 13.2 Å². The van der Waals surface area contributed by atoms with Crippen LogP contribution in [0, 0.1) is 0 Å². The highest BCUT2D eigenvalue weighted by Gasteiger charge is 2.37. The van der Waals surface area contributed by atoms with Crippen molar-refractivity contribution in [1.29, 1.82) is 0 Å². The smallest absolute Gasteiger partial charge is 0.0971 e. The van der Waals surface area contributed by atoms with Gasteiger partial charge in [-0.3, -0.25) is 0 Å². The molecule has 0 saturated carbocycles. The van der Waals surface area contributed by atoms with Gasteiger partial charge in [0.2, 0.25) is 0 Å². The van der Waals surface area contributed by atoms with Gasteiger partial charge < -0.3 is 4.74 Å². The second kappa shape index (κ2) is 3.02. The maximum absolute atomic E-state index is 5.87. The molecule has 1 heterocycles. The van der Waals surface area contributed by atoms with E-state index in [2.05, 4.69) is 22.0 Å². The van der Waals surface area contributed by atoms with Gasteiger partial charge in [-0.1, -0.05) is 39.7 Å². The van der Waals surface area contributed by atoms with Crippen molar-refractivity contribution in [2.45, 2.75) is 4.32 Å². The van der Waals surface area contributed by atoms with Crippen molar-refractivity contribution in [2.75, 3.05) is 13.2 Å². The summed E-state index contributed by atoms with van der Waals surface area (Å²) < 4.78 is 5.15. The minimum Gasteiger partial charge on any atom is -0.378 e. The van der Waals surface area contributed by atoms with E-state index in [0.717, 1.165) is 18.2 Å². The Kier molecular flexibility index (Phi) is 2.15. The second-order valence-corrected chi connectivity index (χ2v) is 4.92. The highest BCUT2D eigenvalue weighted by atomic mass is 79.9. The van der Waals surface area contributed by atoms with Gasteiger partial charge in [0, 0.05) is 5.02 Å². The zero-order chi connectivity index (χ0) is 8.60. The van der Waals surface area contributed by atoms with Crippen LogP contribution in [0.4, 0.5) is 0 Å². The molecule has 0 aromatic heterocycles. The molecule has 0 bridgehead atoms. The molecule has 1 saturated heterocycles. The molecule has 2 rings (SSSR count). The molecule has 1 aromatic carbocycles. The molecule has 0 spiro atoms. The van der Waals surface area contributed by atoms with Crippen molar-refractivity contribution in [1.82, 2.24) is 0 Å². The van der Waals surface area contributed by atoms with Gasteiger partial charge in [-0.25, -0.2) is 0 Å². The first-order valence-corrected chi connectivity index (χ1v) is 4.90. The van der Waals surface area contributed by atoms with E-state index in [0.29, 0.717) is 0 Å². The lowest BCUT2D eigenvalue weighted by atomic mass is 9.97. The van der Waals surface area contributed by atoms with Gasteiger partial charge in [0.05, 0.1) is 17.5 Å². The highest BCUT2D eigenvalue weighted by Crippen LogP contribution is 2.39. The topological polar surface area (TPSA) is 9.23 Å². The van der Waals surface area contributed by atoms with E-state index in [1.807, 2.05) is 18.2 Å². The molecule has 0 radical (unpaired) electrons. The average Bonchev–Trinajstić information content (AvgIpc) is 2.00. The fourth-order valence-electron chi connectivity index (χ4n) is 1.22. The van der Waals surface area contributed by atoms with Crippen molar-refractivity contribution in [3.63, 3.8) is 0 Å². The fourth-order valence-corrected chi connectivity index (χ4v) is 1.98. The van der Waals surface area contributed by atoms with Gasteiger partial charge in [0.15, 0.2) is 0 Å². The Hall–Kier alpha value is -0.0500. The maximum Gasteiger partial charge on any atom is 0.0971 e. The standard InChI is InChI=1S/C9H8BrClO/c10-9(5-12-6-9)7-2-1-3-8(11)4-7/h1-4H,5-6H2. The molecule has 3 heteroatoms.